The topological polar surface area (TPSA) is 75.6 Å². The Morgan fingerprint density at radius 3 is 2.82 bits per heavy atom. The fourth-order valence-electron chi connectivity index (χ4n) is 2.38. The Balaban J connectivity index is 2.11. The van der Waals surface area contributed by atoms with E-state index in [4.69, 9.17) is 16.3 Å². The van der Waals surface area contributed by atoms with Gasteiger partial charge in [-0.2, -0.15) is 0 Å². The minimum absolute atomic E-state index is 0.0729. The molecule has 2 aromatic rings. The van der Waals surface area contributed by atoms with Crippen LogP contribution in [0.15, 0.2) is 23.2 Å². The van der Waals surface area contributed by atoms with Gasteiger partial charge in [0.25, 0.3) is 0 Å². The molecule has 0 aliphatic carbocycles. The summed E-state index contributed by atoms with van der Waals surface area (Å²) < 4.78 is 18.4. The van der Waals surface area contributed by atoms with Gasteiger partial charge in [-0.05, 0) is 45.4 Å². The van der Waals surface area contributed by atoms with E-state index >= 15 is 0 Å². The van der Waals surface area contributed by atoms with E-state index in [0.29, 0.717) is 36.2 Å². The van der Waals surface area contributed by atoms with Gasteiger partial charge < -0.3 is 15.4 Å². The van der Waals surface area contributed by atoms with E-state index < -0.39 is 5.82 Å². The molecule has 1 unspecified atom stereocenters. The van der Waals surface area contributed by atoms with Crippen molar-refractivity contribution in [2.75, 3.05) is 13.2 Å². The maximum absolute atomic E-state index is 13.3. The maximum atomic E-state index is 13.3. The summed E-state index contributed by atoms with van der Waals surface area (Å²) in [4.78, 5) is 21.5. The van der Waals surface area contributed by atoms with Gasteiger partial charge in [-0.25, -0.2) is 19.2 Å². The predicted octanol–water partition coefficient (Wildman–Crippen LogP) is 4.24. The fourth-order valence-corrected chi connectivity index (χ4v) is 3.55. The fraction of sp³-hybridized carbons (Fsp3) is 0.421. The van der Waals surface area contributed by atoms with Crippen LogP contribution >= 0.6 is 22.9 Å². The normalized spacial score (nSPS) is 12.6. The summed E-state index contributed by atoms with van der Waals surface area (Å²) in [5, 5.41) is 7.26. The lowest BCUT2D eigenvalue weighted by atomic mass is 10.2. The largest absolute Gasteiger partial charge is 0.462 e. The summed E-state index contributed by atoms with van der Waals surface area (Å²) in [6.45, 7) is 8.80. The SMILES string of the molecule is CCNC(=NCc1ccc(F)c(Cl)c1)NC(C)c1nc(C)c(C(=O)OCC)s1. The van der Waals surface area contributed by atoms with Crippen LogP contribution in [0.3, 0.4) is 0 Å². The third kappa shape index (κ3) is 5.90. The van der Waals surface area contributed by atoms with Crippen molar-refractivity contribution in [3.05, 3.63) is 50.2 Å². The first-order chi connectivity index (χ1) is 13.3. The van der Waals surface area contributed by atoms with E-state index in [1.807, 2.05) is 13.8 Å². The number of halogens is 2. The Morgan fingerprint density at radius 2 is 2.18 bits per heavy atom. The van der Waals surface area contributed by atoms with Gasteiger partial charge in [0.05, 0.1) is 29.9 Å². The molecule has 1 heterocycles. The number of esters is 1. The molecule has 0 spiro atoms. The van der Waals surface area contributed by atoms with Crippen molar-refractivity contribution in [3.63, 3.8) is 0 Å². The third-order valence-electron chi connectivity index (χ3n) is 3.75. The highest BCUT2D eigenvalue weighted by molar-refractivity contribution is 7.13. The van der Waals surface area contributed by atoms with Crippen molar-refractivity contribution in [1.82, 2.24) is 15.6 Å². The van der Waals surface area contributed by atoms with Crippen molar-refractivity contribution < 1.29 is 13.9 Å². The van der Waals surface area contributed by atoms with E-state index in [0.717, 1.165) is 10.6 Å². The monoisotopic (exact) mass is 426 g/mol. The second-order valence-corrected chi connectivity index (χ2v) is 7.43. The summed E-state index contributed by atoms with van der Waals surface area (Å²) in [5.74, 6) is -0.227. The number of nitrogens with one attached hydrogen (secondary N) is 2. The number of thiazole rings is 1. The summed E-state index contributed by atoms with van der Waals surface area (Å²) in [5.41, 5.74) is 1.45. The van der Waals surface area contributed by atoms with Crippen molar-refractivity contribution in [3.8, 4) is 0 Å². The molecule has 152 valence electrons. The number of hydrogen-bond donors (Lipinski definition) is 2. The molecule has 0 bridgehead atoms. The number of aliphatic imine (C=N–C) groups is 1. The van der Waals surface area contributed by atoms with Gasteiger partial charge in [0.15, 0.2) is 5.96 Å². The predicted molar refractivity (Wildman–Crippen MR) is 111 cm³/mol. The van der Waals surface area contributed by atoms with Gasteiger partial charge in [0, 0.05) is 6.54 Å². The molecule has 0 radical (unpaired) electrons. The molecule has 1 aromatic carbocycles. The van der Waals surface area contributed by atoms with Crippen LogP contribution in [0.4, 0.5) is 4.39 Å². The number of nitrogens with zero attached hydrogens (tertiary/aromatic N) is 2. The molecule has 0 aliphatic rings. The number of aromatic nitrogens is 1. The maximum Gasteiger partial charge on any atom is 0.350 e. The van der Waals surface area contributed by atoms with E-state index in [9.17, 15) is 9.18 Å². The van der Waals surface area contributed by atoms with Crippen LogP contribution < -0.4 is 10.6 Å². The summed E-state index contributed by atoms with van der Waals surface area (Å²) in [6, 6.07) is 4.36. The average molecular weight is 427 g/mol. The zero-order chi connectivity index (χ0) is 20.7. The summed E-state index contributed by atoms with van der Waals surface area (Å²) in [6.07, 6.45) is 0. The first kappa shape index (κ1) is 22.1. The molecule has 1 atom stereocenters. The van der Waals surface area contributed by atoms with Crippen LogP contribution in [-0.4, -0.2) is 30.1 Å². The van der Waals surface area contributed by atoms with E-state index in [-0.39, 0.29) is 17.0 Å². The highest BCUT2D eigenvalue weighted by Crippen LogP contribution is 2.24. The molecular formula is C19H24ClFN4O2S. The number of ether oxygens (including phenoxy) is 1. The minimum atomic E-state index is -0.454. The van der Waals surface area contributed by atoms with Gasteiger partial charge in [-0.1, -0.05) is 17.7 Å². The van der Waals surface area contributed by atoms with E-state index in [1.54, 1.807) is 26.0 Å². The number of carbonyl (C=O) groups is 1. The number of carbonyl (C=O) groups excluding carboxylic acids is 1. The Bertz CT molecular complexity index is 856. The van der Waals surface area contributed by atoms with Crippen LogP contribution in [0, 0.1) is 12.7 Å². The molecule has 0 fully saturated rings. The van der Waals surface area contributed by atoms with Gasteiger partial charge in [-0.3, -0.25) is 0 Å². The second-order valence-electron chi connectivity index (χ2n) is 6.00. The summed E-state index contributed by atoms with van der Waals surface area (Å²) >= 11 is 7.12. The van der Waals surface area contributed by atoms with Crippen LogP contribution in [0.1, 0.15) is 52.7 Å². The molecule has 6 nitrogen and oxygen atoms in total. The average Bonchev–Trinajstić information content (AvgIpc) is 3.05. The van der Waals surface area contributed by atoms with Crippen LogP contribution in [0.2, 0.25) is 5.02 Å². The van der Waals surface area contributed by atoms with Crippen molar-refractivity contribution >= 4 is 34.9 Å². The van der Waals surface area contributed by atoms with Crippen molar-refractivity contribution in [2.45, 2.75) is 40.3 Å². The lowest BCUT2D eigenvalue weighted by Crippen LogP contribution is -2.38. The quantitative estimate of drug-likeness (QED) is 0.393. The van der Waals surface area contributed by atoms with Crippen LogP contribution in [-0.2, 0) is 11.3 Å². The highest BCUT2D eigenvalue weighted by atomic mass is 35.5. The van der Waals surface area contributed by atoms with Gasteiger partial charge in [0.2, 0.25) is 0 Å². The molecule has 0 saturated carbocycles. The molecule has 0 amide bonds. The Hall–Kier alpha value is -2.19. The molecule has 9 heteroatoms. The number of benzene rings is 1. The van der Waals surface area contributed by atoms with Crippen molar-refractivity contribution in [1.29, 1.82) is 0 Å². The minimum Gasteiger partial charge on any atom is -0.462 e. The first-order valence-electron chi connectivity index (χ1n) is 8.98. The molecular weight excluding hydrogens is 403 g/mol. The smallest absolute Gasteiger partial charge is 0.350 e. The Morgan fingerprint density at radius 1 is 1.43 bits per heavy atom. The zero-order valence-electron chi connectivity index (χ0n) is 16.3. The van der Waals surface area contributed by atoms with Gasteiger partial charge in [0.1, 0.15) is 15.7 Å². The second kappa shape index (κ2) is 10.4. The van der Waals surface area contributed by atoms with Crippen molar-refractivity contribution in [2.24, 2.45) is 4.99 Å². The lowest BCUT2D eigenvalue weighted by molar-refractivity contribution is 0.0531. The summed E-state index contributed by atoms with van der Waals surface area (Å²) in [7, 11) is 0. The molecule has 0 aliphatic heterocycles. The van der Waals surface area contributed by atoms with Gasteiger partial charge in [-0.15, -0.1) is 11.3 Å². The molecule has 2 rings (SSSR count). The molecule has 28 heavy (non-hydrogen) atoms. The number of aryl methyl sites for hydroxylation is 1. The highest BCUT2D eigenvalue weighted by Gasteiger charge is 2.20. The molecule has 0 saturated heterocycles. The lowest BCUT2D eigenvalue weighted by Gasteiger charge is -2.16. The Labute approximate surface area is 173 Å². The van der Waals surface area contributed by atoms with Crippen LogP contribution in [0.5, 0.6) is 0 Å². The van der Waals surface area contributed by atoms with E-state index in [2.05, 4.69) is 20.6 Å². The zero-order valence-corrected chi connectivity index (χ0v) is 17.9. The van der Waals surface area contributed by atoms with Gasteiger partial charge >= 0.3 is 5.97 Å². The molecule has 2 N–H and O–H groups in total. The third-order valence-corrected chi connectivity index (χ3v) is 5.36. The number of guanidine groups is 1. The Kier molecular flexibility index (Phi) is 8.19. The van der Waals surface area contributed by atoms with Crippen LogP contribution in [0.25, 0.3) is 0 Å². The standard InChI is InChI=1S/C19H24ClFN4O2S/c1-5-22-19(23-10-13-7-8-15(21)14(20)9-13)25-12(4)17-24-11(3)16(28-17)18(26)27-6-2/h7-9,12H,5-6,10H2,1-4H3,(H2,22,23,25). The number of rotatable bonds is 7. The number of hydrogen-bond acceptors (Lipinski definition) is 5. The first-order valence-corrected chi connectivity index (χ1v) is 10.2. The van der Waals surface area contributed by atoms with E-state index in [1.165, 1.54) is 17.4 Å². The molecule has 1 aromatic heterocycles.